The number of aryl methyl sites for hydroxylation is 1. The van der Waals surface area contributed by atoms with E-state index in [4.69, 9.17) is 34.8 Å². The molecule has 0 aliphatic heterocycles. The fourth-order valence-corrected chi connectivity index (χ4v) is 1.97. The van der Waals surface area contributed by atoms with Gasteiger partial charge in [-0.2, -0.15) is 0 Å². The van der Waals surface area contributed by atoms with Crippen molar-refractivity contribution >= 4 is 34.8 Å². The Hall–Kier alpha value is 0.01000. The summed E-state index contributed by atoms with van der Waals surface area (Å²) < 4.78 is 0.205. The molecule has 0 spiro atoms. The van der Waals surface area contributed by atoms with E-state index in [2.05, 4.69) is 17.2 Å². The third-order valence-corrected chi connectivity index (χ3v) is 2.55. The zero-order valence-electron chi connectivity index (χ0n) is 8.97. The summed E-state index contributed by atoms with van der Waals surface area (Å²) >= 11 is 17.8. The Kier molecular flexibility index (Phi) is 4.27. The molecule has 0 saturated carbocycles. The van der Waals surface area contributed by atoms with Crippen LogP contribution < -0.4 is 0 Å². The van der Waals surface area contributed by atoms with Gasteiger partial charge >= 0.3 is 0 Å². The van der Waals surface area contributed by atoms with Crippen molar-refractivity contribution in [2.75, 3.05) is 0 Å². The van der Waals surface area contributed by atoms with Crippen molar-refractivity contribution < 1.29 is 0 Å². The van der Waals surface area contributed by atoms with E-state index in [1.807, 2.05) is 13.8 Å². The van der Waals surface area contributed by atoms with Crippen LogP contribution in [0.1, 0.15) is 44.6 Å². The molecule has 0 amide bonds. The summed E-state index contributed by atoms with van der Waals surface area (Å²) in [6.45, 7) is 6.01. The summed E-state index contributed by atoms with van der Waals surface area (Å²) in [5, 5.41) is 8.07. The second-order valence-electron chi connectivity index (χ2n) is 3.67. The normalized spacial score (nSPS) is 12.5. The largest absolute Gasteiger partial charge is 0.242 e. The molecule has 1 heterocycles. The van der Waals surface area contributed by atoms with Crippen LogP contribution in [0.15, 0.2) is 0 Å². The minimum Gasteiger partial charge on any atom is -0.242 e. The first kappa shape index (κ1) is 13.1. The van der Waals surface area contributed by atoms with Crippen molar-refractivity contribution in [2.45, 2.75) is 43.4 Å². The minimum absolute atomic E-state index is 0.133. The quantitative estimate of drug-likeness (QED) is 0.785. The first-order chi connectivity index (χ1) is 6.88. The van der Waals surface area contributed by atoms with Gasteiger partial charge in [0.25, 0.3) is 0 Å². The van der Waals surface area contributed by atoms with Gasteiger partial charge in [-0.25, -0.2) is 4.68 Å². The van der Waals surface area contributed by atoms with Gasteiger partial charge in [-0.05, 0) is 20.3 Å². The summed E-state index contributed by atoms with van der Waals surface area (Å²) in [7, 11) is 0. The van der Waals surface area contributed by atoms with Crippen molar-refractivity contribution in [3.8, 4) is 0 Å². The van der Waals surface area contributed by atoms with E-state index in [9.17, 15) is 0 Å². The first-order valence-corrected chi connectivity index (χ1v) is 6.02. The number of aromatic nitrogens is 3. The zero-order chi connectivity index (χ0) is 11.6. The summed E-state index contributed by atoms with van der Waals surface area (Å²) in [5.74, 6) is 0. The molecule has 86 valence electrons. The van der Waals surface area contributed by atoms with E-state index in [0.29, 0.717) is 5.69 Å². The highest BCUT2D eigenvalue weighted by atomic mass is 35.6. The molecule has 1 rings (SSSR count). The molecule has 0 aliphatic carbocycles. The summed E-state index contributed by atoms with van der Waals surface area (Å²) in [6, 6.07) is 0.133. The van der Waals surface area contributed by atoms with Crippen molar-refractivity contribution in [3.05, 3.63) is 11.4 Å². The molecule has 15 heavy (non-hydrogen) atoms. The number of rotatable bonds is 3. The van der Waals surface area contributed by atoms with Crippen LogP contribution in [0.2, 0.25) is 0 Å². The van der Waals surface area contributed by atoms with Crippen LogP contribution >= 0.6 is 34.8 Å². The molecule has 6 heteroatoms. The van der Waals surface area contributed by atoms with Gasteiger partial charge in [-0.3, -0.25) is 0 Å². The first-order valence-electron chi connectivity index (χ1n) is 4.89. The van der Waals surface area contributed by atoms with Crippen LogP contribution in [0.4, 0.5) is 0 Å². The number of hydrogen-bond acceptors (Lipinski definition) is 2. The Morgan fingerprint density at radius 3 is 2.33 bits per heavy atom. The van der Waals surface area contributed by atoms with Gasteiger partial charge in [0.1, 0.15) is 5.69 Å². The average Bonchev–Trinajstić information content (AvgIpc) is 2.47. The maximum absolute atomic E-state index is 5.92. The molecule has 0 aromatic carbocycles. The fraction of sp³-hybridized carbons (Fsp3) is 0.778. The molecule has 0 fully saturated rings. The van der Waals surface area contributed by atoms with E-state index >= 15 is 0 Å². The molecule has 0 aliphatic rings. The lowest BCUT2D eigenvalue weighted by Crippen LogP contribution is -2.15. The lowest BCUT2D eigenvalue weighted by Gasteiger charge is -2.16. The predicted molar refractivity (Wildman–Crippen MR) is 63.6 cm³/mol. The van der Waals surface area contributed by atoms with Crippen molar-refractivity contribution in [3.63, 3.8) is 0 Å². The maximum atomic E-state index is 5.92. The zero-order valence-corrected chi connectivity index (χ0v) is 11.2. The Labute approximate surface area is 105 Å². The second-order valence-corrected chi connectivity index (χ2v) is 5.95. The van der Waals surface area contributed by atoms with Gasteiger partial charge in [0.15, 0.2) is 0 Å². The topological polar surface area (TPSA) is 30.7 Å². The number of alkyl halides is 3. The lowest BCUT2D eigenvalue weighted by atomic mass is 10.2. The van der Waals surface area contributed by atoms with Gasteiger partial charge in [0, 0.05) is 6.04 Å². The SMILES string of the molecule is CCCc1nnn(C(C)C)c1C(Cl)(Cl)Cl. The highest BCUT2D eigenvalue weighted by Gasteiger charge is 2.32. The van der Waals surface area contributed by atoms with Gasteiger partial charge in [-0.15, -0.1) is 5.10 Å². The highest BCUT2D eigenvalue weighted by molar-refractivity contribution is 6.66. The smallest absolute Gasteiger partial charge is 0.234 e. The lowest BCUT2D eigenvalue weighted by molar-refractivity contribution is 0.496. The molecule has 0 bridgehead atoms. The van der Waals surface area contributed by atoms with Crippen LogP contribution in [-0.4, -0.2) is 15.0 Å². The van der Waals surface area contributed by atoms with E-state index in [1.54, 1.807) is 4.68 Å². The minimum atomic E-state index is -1.46. The second kappa shape index (κ2) is 4.89. The summed E-state index contributed by atoms with van der Waals surface area (Å²) in [4.78, 5) is 0. The molecule has 1 aromatic heterocycles. The molecule has 0 unspecified atom stereocenters. The van der Waals surface area contributed by atoms with E-state index in [1.165, 1.54) is 0 Å². The van der Waals surface area contributed by atoms with E-state index in [0.717, 1.165) is 18.5 Å². The van der Waals surface area contributed by atoms with Crippen LogP contribution in [0.3, 0.4) is 0 Å². The summed E-state index contributed by atoms with van der Waals surface area (Å²) in [6.07, 6.45) is 1.72. The molecule has 0 N–H and O–H groups in total. The Balaban J connectivity index is 3.21. The standard InChI is InChI=1S/C9H14Cl3N3/c1-4-5-7-8(9(10,11)12)15(6(2)3)14-13-7/h6H,4-5H2,1-3H3. The molecule has 0 saturated heterocycles. The van der Waals surface area contributed by atoms with E-state index in [-0.39, 0.29) is 6.04 Å². The highest BCUT2D eigenvalue weighted by Crippen LogP contribution is 2.40. The molecular formula is C9H14Cl3N3. The van der Waals surface area contributed by atoms with Crippen LogP contribution in [0, 0.1) is 0 Å². The Morgan fingerprint density at radius 1 is 1.33 bits per heavy atom. The molecule has 3 nitrogen and oxygen atoms in total. The predicted octanol–water partition coefficient (Wildman–Crippen LogP) is 3.64. The Bertz CT molecular complexity index is 328. The summed E-state index contributed by atoms with van der Waals surface area (Å²) in [5.41, 5.74) is 1.36. The van der Waals surface area contributed by atoms with Crippen molar-refractivity contribution in [2.24, 2.45) is 0 Å². The maximum Gasteiger partial charge on any atom is 0.234 e. The van der Waals surface area contributed by atoms with Crippen LogP contribution in [0.25, 0.3) is 0 Å². The van der Waals surface area contributed by atoms with Crippen LogP contribution in [0.5, 0.6) is 0 Å². The number of nitrogens with zero attached hydrogens (tertiary/aromatic N) is 3. The van der Waals surface area contributed by atoms with Crippen molar-refractivity contribution in [1.29, 1.82) is 0 Å². The fourth-order valence-electron chi connectivity index (χ4n) is 1.39. The molecule has 1 aromatic rings. The average molecular weight is 271 g/mol. The van der Waals surface area contributed by atoms with Crippen LogP contribution in [-0.2, 0) is 10.2 Å². The number of hydrogen-bond donors (Lipinski definition) is 0. The molecular weight excluding hydrogens is 256 g/mol. The van der Waals surface area contributed by atoms with Gasteiger partial charge in [0.2, 0.25) is 3.79 Å². The van der Waals surface area contributed by atoms with Gasteiger partial charge in [0.05, 0.1) is 5.69 Å². The van der Waals surface area contributed by atoms with Gasteiger partial charge in [-0.1, -0.05) is 53.4 Å². The monoisotopic (exact) mass is 269 g/mol. The molecule has 0 atom stereocenters. The molecule has 0 radical (unpaired) electrons. The third kappa shape index (κ3) is 2.99. The van der Waals surface area contributed by atoms with Crippen molar-refractivity contribution in [1.82, 2.24) is 15.0 Å². The third-order valence-electron chi connectivity index (χ3n) is 2.01. The van der Waals surface area contributed by atoms with E-state index < -0.39 is 3.79 Å². The number of halogens is 3. The Morgan fingerprint density at radius 2 is 1.93 bits per heavy atom. The van der Waals surface area contributed by atoms with Gasteiger partial charge < -0.3 is 0 Å².